The molecule has 0 saturated heterocycles. The third-order valence-electron chi connectivity index (χ3n) is 6.42. The summed E-state index contributed by atoms with van der Waals surface area (Å²) in [6, 6.07) is 12.1. The Balaban J connectivity index is 1.43. The third kappa shape index (κ3) is 5.74. The van der Waals surface area contributed by atoms with Crippen molar-refractivity contribution in [2.75, 3.05) is 12.4 Å². The van der Waals surface area contributed by atoms with Crippen LogP contribution in [0.4, 0.5) is 8.78 Å². The normalized spacial score (nSPS) is 16.9. The quantitative estimate of drug-likeness (QED) is 0.273. The lowest BCUT2D eigenvalue weighted by molar-refractivity contribution is -0.0912. The van der Waals surface area contributed by atoms with Gasteiger partial charge < -0.3 is 14.8 Å². The number of nitrogens with zero attached hydrogens (tertiary/aromatic N) is 1. The third-order valence-corrected chi connectivity index (χ3v) is 7.97. The molecular formula is C27H27ClF2N2O2S. The van der Waals surface area contributed by atoms with Crippen molar-refractivity contribution in [3.63, 3.8) is 0 Å². The highest BCUT2D eigenvalue weighted by molar-refractivity contribution is 7.99. The summed E-state index contributed by atoms with van der Waals surface area (Å²) >= 11 is 8.47. The number of thioether (sulfide) groups is 1. The first-order valence-corrected chi connectivity index (χ1v) is 13.3. The van der Waals surface area contributed by atoms with Gasteiger partial charge in [-0.2, -0.15) is 8.78 Å². The SMILES string of the molecule is OCCC(c1ccc(SCC2CC2)cc1)c1nc2cc(C3=CCCC=C3OC(F)F)c(Cl)cc2[nH]1. The number of aliphatic hydroxyl groups excluding tert-OH is 1. The van der Waals surface area contributed by atoms with Crippen LogP contribution in [-0.2, 0) is 4.74 Å². The Kier molecular flexibility index (Phi) is 7.46. The number of rotatable bonds is 10. The van der Waals surface area contributed by atoms with E-state index in [2.05, 4.69) is 29.2 Å². The Morgan fingerprint density at radius 2 is 1.91 bits per heavy atom. The highest BCUT2D eigenvalue weighted by Gasteiger charge is 2.23. The number of imidazole rings is 1. The lowest BCUT2D eigenvalue weighted by Crippen LogP contribution is -2.05. The second-order valence-corrected chi connectivity index (χ2v) is 10.5. The highest BCUT2D eigenvalue weighted by atomic mass is 35.5. The number of halogens is 3. The van der Waals surface area contributed by atoms with Crippen LogP contribution < -0.4 is 0 Å². The molecule has 0 radical (unpaired) electrons. The van der Waals surface area contributed by atoms with Gasteiger partial charge in [-0.1, -0.05) is 29.8 Å². The number of fused-ring (bicyclic) bond motifs is 1. The molecule has 0 aliphatic heterocycles. The van der Waals surface area contributed by atoms with Crippen molar-refractivity contribution < 1.29 is 18.6 Å². The predicted octanol–water partition coefficient (Wildman–Crippen LogP) is 7.53. The molecule has 8 heteroatoms. The number of aromatic nitrogens is 2. The van der Waals surface area contributed by atoms with E-state index >= 15 is 0 Å². The van der Waals surface area contributed by atoms with Crippen LogP contribution in [-0.4, -0.2) is 34.0 Å². The molecule has 1 heterocycles. The summed E-state index contributed by atoms with van der Waals surface area (Å²) in [6.07, 6.45) is 8.11. The van der Waals surface area contributed by atoms with Crippen molar-refractivity contribution >= 4 is 40.0 Å². The average Bonchev–Trinajstić information content (AvgIpc) is 3.59. The van der Waals surface area contributed by atoms with Crippen molar-refractivity contribution in [2.24, 2.45) is 5.92 Å². The van der Waals surface area contributed by atoms with E-state index in [0.717, 1.165) is 29.2 Å². The average molecular weight is 517 g/mol. The molecule has 4 nitrogen and oxygen atoms in total. The largest absolute Gasteiger partial charge is 0.435 e. The topological polar surface area (TPSA) is 58.1 Å². The molecular weight excluding hydrogens is 490 g/mol. The molecule has 0 spiro atoms. The van der Waals surface area contributed by atoms with E-state index in [9.17, 15) is 13.9 Å². The van der Waals surface area contributed by atoms with Crippen LogP contribution in [0.25, 0.3) is 16.6 Å². The summed E-state index contributed by atoms with van der Waals surface area (Å²) in [4.78, 5) is 9.42. The van der Waals surface area contributed by atoms with Crippen molar-refractivity contribution in [3.8, 4) is 0 Å². The van der Waals surface area contributed by atoms with Gasteiger partial charge in [0, 0.05) is 34.3 Å². The van der Waals surface area contributed by atoms with Gasteiger partial charge in [-0.3, -0.25) is 0 Å². The monoisotopic (exact) mass is 516 g/mol. The number of nitrogens with one attached hydrogen (secondary N) is 1. The van der Waals surface area contributed by atoms with E-state index in [1.54, 1.807) is 12.1 Å². The fourth-order valence-electron chi connectivity index (χ4n) is 4.41. The lowest BCUT2D eigenvalue weighted by atomic mass is 9.95. The lowest BCUT2D eigenvalue weighted by Gasteiger charge is -2.18. The van der Waals surface area contributed by atoms with Crippen LogP contribution in [0.3, 0.4) is 0 Å². The molecule has 2 N–H and O–H groups in total. The van der Waals surface area contributed by atoms with Gasteiger partial charge in [-0.15, -0.1) is 11.8 Å². The number of hydrogen-bond donors (Lipinski definition) is 2. The second kappa shape index (κ2) is 10.7. The molecule has 0 amide bonds. The molecule has 1 unspecified atom stereocenters. The second-order valence-electron chi connectivity index (χ2n) is 9.00. The first-order valence-electron chi connectivity index (χ1n) is 11.9. The fraction of sp³-hybridized carbons (Fsp3) is 0.370. The maximum Gasteiger partial charge on any atom is 0.387 e. The summed E-state index contributed by atoms with van der Waals surface area (Å²) < 4.78 is 30.6. The molecule has 1 fully saturated rings. The van der Waals surface area contributed by atoms with Crippen LogP contribution in [0.2, 0.25) is 5.02 Å². The van der Waals surface area contributed by atoms with Gasteiger partial charge in [0.1, 0.15) is 11.6 Å². The number of aliphatic hydroxyl groups is 1. The smallest absolute Gasteiger partial charge is 0.387 e. The van der Waals surface area contributed by atoms with Crippen molar-refractivity contribution in [3.05, 3.63) is 76.3 Å². The van der Waals surface area contributed by atoms with Crippen LogP contribution in [0.15, 0.2) is 59.2 Å². The van der Waals surface area contributed by atoms with Gasteiger partial charge in [0.15, 0.2) is 0 Å². The number of hydrogen-bond acceptors (Lipinski definition) is 4. The van der Waals surface area contributed by atoms with Gasteiger partial charge in [-0.25, -0.2) is 4.98 Å². The number of benzene rings is 2. The summed E-state index contributed by atoms with van der Waals surface area (Å²) in [5.74, 6) is 2.80. The number of H-pyrrole nitrogens is 1. The zero-order valence-corrected chi connectivity index (χ0v) is 20.7. The van der Waals surface area contributed by atoms with Gasteiger partial charge in [0.2, 0.25) is 0 Å². The number of aromatic amines is 1. The van der Waals surface area contributed by atoms with Gasteiger partial charge in [0.05, 0.1) is 16.1 Å². The van der Waals surface area contributed by atoms with Gasteiger partial charge in [-0.05, 0) is 73.9 Å². The van der Waals surface area contributed by atoms with Gasteiger partial charge >= 0.3 is 6.61 Å². The Labute approximate surface area is 212 Å². The zero-order valence-electron chi connectivity index (χ0n) is 19.1. The molecule has 3 aromatic rings. The van der Waals surface area contributed by atoms with E-state index in [1.165, 1.54) is 23.5 Å². The molecule has 1 saturated carbocycles. The molecule has 2 aliphatic carbocycles. The molecule has 1 atom stereocenters. The highest BCUT2D eigenvalue weighted by Crippen LogP contribution is 2.38. The molecule has 35 heavy (non-hydrogen) atoms. The van der Waals surface area contributed by atoms with Crippen LogP contribution in [0.1, 0.15) is 55.0 Å². The van der Waals surface area contributed by atoms with Crippen LogP contribution in [0.5, 0.6) is 0 Å². The minimum atomic E-state index is -2.90. The summed E-state index contributed by atoms with van der Waals surface area (Å²) in [5, 5.41) is 10.2. The minimum Gasteiger partial charge on any atom is -0.435 e. The maximum atomic E-state index is 12.9. The summed E-state index contributed by atoms with van der Waals surface area (Å²) in [6.45, 7) is -2.88. The number of alkyl halides is 2. The van der Waals surface area contributed by atoms with E-state index < -0.39 is 6.61 Å². The molecule has 184 valence electrons. The van der Waals surface area contributed by atoms with E-state index in [-0.39, 0.29) is 18.3 Å². The van der Waals surface area contributed by atoms with Crippen molar-refractivity contribution in [1.82, 2.24) is 9.97 Å². The predicted molar refractivity (Wildman–Crippen MR) is 137 cm³/mol. The summed E-state index contributed by atoms with van der Waals surface area (Å²) in [7, 11) is 0. The first kappa shape index (κ1) is 24.3. The maximum absolute atomic E-state index is 12.9. The van der Waals surface area contributed by atoms with Crippen LogP contribution >= 0.6 is 23.4 Å². The number of ether oxygens (including phenoxy) is 1. The minimum absolute atomic E-state index is 0.0257. The van der Waals surface area contributed by atoms with E-state index in [4.69, 9.17) is 21.3 Å². The Bertz CT molecular complexity index is 1250. The molecule has 1 aromatic heterocycles. The molecule has 0 bridgehead atoms. The van der Waals surface area contributed by atoms with Crippen LogP contribution in [0, 0.1) is 5.92 Å². The Morgan fingerprint density at radius 3 is 2.63 bits per heavy atom. The molecule has 2 aliphatic rings. The Hall–Kier alpha value is -2.35. The first-order chi connectivity index (χ1) is 17.0. The standard InChI is InChI=1S/C27H27ClF2N2O2S/c28-22-14-24-23(13-21(22)20-3-1-2-4-25(20)34-27(29)30)31-26(32-24)19(11-12-33)17-7-9-18(10-8-17)35-15-16-5-6-16/h3-4,7-10,13-14,16,19,27,33H,1-2,5-6,11-12,15H2,(H,31,32). The summed E-state index contributed by atoms with van der Waals surface area (Å²) in [5.41, 5.74) is 3.68. The fourth-order valence-corrected chi connectivity index (χ4v) is 5.77. The number of allylic oxidation sites excluding steroid dienone is 3. The van der Waals surface area contributed by atoms with Gasteiger partial charge in [0.25, 0.3) is 0 Å². The van der Waals surface area contributed by atoms with Crippen molar-refractivity contribution in [2.45, 2.75) is 49.5 Å². The molecule has 2 aromatic carbocycles. The molecule has 5 rings (SSSR count). The van der Waals surface area contributed by atoms with Crippen molar-refractivity contribution in [1.29, 1.82) is 0 Å². The van der Waals surface area contributed by atoms with E-state index in [0.29, 0.717) is 34.5 Å². The Morgan fingerprint density at radius 1 is 1.14 bits per heavy atom. The zero-order chi connectivity index (χ0) is 24.4. The van der Waals surface area contributed by atoms with E-state index in [1.807, 2.05) is 23.9 Å².